The lowest BCUT2D eigenvalue weighted by Crippen LogP contribution is -2.32. The summed E-state index contributed by atoms with van der Waals surface area (Å²) >= 11 is 1.61. The highest BCUT2D eigenvalue weighted by Gasteiger charge is 2.20. The number of aromatic nitrogens is 2. The molecule has 6 heteroatoms. The number of carbonyl (C=O) groups is 1. The Balaban J connectivity index is 1.88. The predicted octanol–water partition coefficient (Wildman–Crippen LogP) is 3.36. The van der Waals surface area contributed by atoms with Crippen LogP contribution >= 0.6 is 11.3 Å². The molecule has 0 aliphatic carbocycles. The zero-order chi connectivity index (χ0) is 16.2. The maximum Gasteiger partial charge on any atom is 0.326 e. The highest BCUT2D eigenvalue weighted by Crippen LogP contribution is 2.29. The average Bonchev–Trinajstić information content (AvgIpc) is 2.99. The van der Waals surface area contributed by atoms with Gasteiger partial charge in [0.15, 0.2) is 0 Å². The van der Waals surface area contributed by atoms with Crippen molar-refractivity contribution in [2.24, 2.45) is 0 Å². The van der Waals surface area contributed by atoms with Gasteiger partial charge in [-0.1, -0.05) is 37.3 Å². The minimum Gasteiger partial charge on any atom is -0.480 e. The minimum atomic E-state index is -0.897. The Morgan fingerprint density at radius 3 is 2.78 bits per heavy atom. The number of carboxylic acid groups (broad SMARTS) is 1. The first-order chi connectivity index (χ1) is 11.2. The van der Waals surface area contributed by atoms with Crippen LogP contribution in [0.3, 0.4) is 0 Å². The molecule has 3 aromatic rings. The lowest BCUT2D eigenvalue weighted by atomic mass is 10.1. The third-order valence-electron chi connectivity index (χ3n) is 3.62. The van der Waals surface area contributed by atoms with Gasteiger partial charge in [0.25, 0.3) is 0 Å². The van der Waals surface area contributed by atoms with Crippen molar-refractivity contribution in [3.8, 4) is 0 Å². The first-order valence-corrected chi connectivity index (χ1v) is 8.25. The van der Waals surface area contributed by atoms with Crippen LogP contribution in [0, 0.1) is 0 Å². The number of aliphatic carboxylic acids is 1. The van der Waals surface area contributed by atoms with Gasteiger partial charge in [-0.15, -0.1) is 11.3 Å². The molecule has 2 aromatic heterocycles. The SMILES string of the molecule is CCc1cc2c(N[C@H](Cc3ccccc3)C(=O)O)ncnc2s1. The second-order valence-corrected chi connectivity index (χ2v) is 6.35. The number of anilines is 1. The molecular formula is C17H17N3O2S. The van der Waals surface area contributed by atoms with Crippen LogP contribution in [0.4, 0.5) is 5.82 Å². The fourth-order valence-electron chi connectivity index (χ4n) is 2.41. The molecule has 23 heavy (non-hydrogen) atoms. The van der Waals surface area contributed by atoms with E-state index >= 15 is 0 Å². The molecule has 118 valence electrons. The molecular weight excluding hydrogens is 310 g/mol. The molecule has 0 saturated heterocycles. The first-order valence-electron chi connectivity index (χ1n) is 7.44. The Bertz CT molecular complexity index is 817. The van der Waals surface area contributed by atoms with Crippen molar-refractivity contribution in [1.82, 2.24) is 9.97 Å². The molecule has 3 rings (SSSR count). The third kappa shape index (κ3) is 3.48. The monoisotopic (exact) mass is 327 g/mol. The second kappa shape index (κ2) is 6.75. The molecule has 0 spiro atoms. The maximum atomic E-state index is 11.6. The molecule has 2 heterocycles. The van der Waals surface area contributed by atoms with E-state index in [0.29, 0.717) is 12.2 Å². The fraction of sp³-hybridized carbons (Fsp3) is 0.235. The fourth-order valence-corrected chi connectivity index (χ4v) is 3.34. The smallest absolute Gasteiger partial charge is 0.326 e. The van der Waals surface area contributed by atoms with Gasteiger partial charge in [-0.25, -0.2) is 14.8 Å². The van der Waals surface area contributed by atoms with Gasteiger partial charge < -0.3 is 10.4 Å². The van der Waals surface area contributed by atoms with Crippen LogP contribution in [0.2, 0.25) is 0 Å². The molecule has 0 amide bonds. The predicted molar refractivity (Wildman–Crippen MR) is 92.0 cm³/mol. The molecule has 0 aliphatic heterocycles. The number of fused-ring (bicyclic) bond motifs is 1. The van der Waals surface area contributed by atoms with E-state index in [1.54, 1.807) is 11.3 Å². The number of benzene rings is 1. The summed E-state index contributed by atoms with van der Waals surface area (Å²) in [5, 5.41) is 13.5. The zero-order valence-corrected chi connectivity index (χ0v) is 13.5. The quantitative estimate of drug-likeness (QED) is 0.726. The van der Waals surface area contributed by atoms with E-state index in [2.05, 4.69) is 22.2 Å². The molecule has 0 fully saturated rings. The molecule has 1 atom stereocenters. The summed E-state index contributed by atoms with van der Waals surface area (Å²) in [4.78, 5) is 22.2. The molecule has 0 saturated carbocycles. The van der Waals surface area contributed by atoms with Crippen molar-refractivity contribution in [1.29, 1.82) is 0 Å². The van der Waals surface area contributed by atoms with Gasteiger partial charge in [0.1, 0.15) is 23.0 Å². The topological polar surface area (TPSA) is 75.1 Å². The Kier molecular flexibility index (Phi) is 4.52. The summed E-state index contributed by atoms with van der Waals surface area (Å²) < 4.78 is 0. The largest absolute Gasteiger partial charge is 0.480 e. The molecule has 0 aliphatic rings. The van der Waals surface area contributed by atoms with Crippen molar-refractivity contribution < 1.29 is 9.90 Å². The minimum absolute atomic E-state index is 0.395. The van der Waals surface area contributed by atoms with E-state index < -0.39 is 12.0 Å². The summed E-state index contributed by atoms with van der Waals surface area (Å²) in [6.07, 6.45) is 2.79. The molecule has 0 bridgehead atoms. The second-order valence-electron chi connectivity index (χ2n) is 5.23. The van der Waals surface area contributed by atoms with Crippen LogP contribution < -0.4 is 5.32 Å². The van der Waals surface area contributed by atoms with E-state index in [9.17, 15) is 9.90 Å². The van der Waals surface area contributed by atoms with Crippen LogP contribution in [0.25, 0.3) is 10.2 Å². The van der Waals surface area contributed by atoms with Gasteiger partial charge in [0.2, 0.25) is 0 Å². The lowest BCUT2D eigenvalue weighted by molar-refractivity contribution is -0.137. The van der Waals surface area contributed by atoms with Crippen LogP contribution in [0.5, 0.6) is 0 Å². The van der Waals surface area contributed by atoms with Gasteiger partial charge >= 0.3 is 5.97 Å². The summed E-state index contributed by atoms with van der Waals surface area (Å²) in [7, 11) is 0. The van der Waals surface area contributed by atoms with Gasteiger partial charge in [-0.2, -0.15) is 0 Å². The Morgan fingerprint density at radius 2 is 2.09 bits per heavy atom. The summed E-state index contributed by atoms with van der Waals surface area (Å²) in [5.74, 6) is -0.319. The van der Waals surface area contributed by atoms with Crippen LogP contribution in [0.15, 0.2) is 42.7 Å². The summed E-state index contributed by atoms with van der Waals surface area (Å²) in [6.45, 7) is 2.08. The van der Waals surface area contributed by atoms with Gasteiger partial charge in [-0.05, 0) is 18.1 Å². The van der Waals surface area contributed by atoms with E-state index in [-0.39, 0.29) is 0 Å². The van der Waals surface area contributed by atoms with E-state index in [1.807, 2.05) is 36.4 Å². The summed E-state index contributed by atoms with van der Waals surface area (Å²) in [5.41, 5.74) is 0.970. The van der Waals surface area contributed by atoms with Crippen molar-refractivity contribution in [3.63, 3.8) is 0 Å². The number of nitrogens with zero attached hydrogens (tertiary/aromatic N) is 2. The highest BCUT2D eigenvalue weighted by atomic mass is 32.1. The van der Waals surface area contributed by atoms with Crippen LogP contribution in [-0.2, 0) is 17.6 Å². The van der Waals surface area contributed by atoms with Crippen molar-refractivity contribution in [2.75, 3.05) is 5.32 Å². The van der Waals surface area contributed by atoms with Crippen LogP contribution in [-0.4, -0.2) is 27.1 Å². The van der Waals surface area contributed by atoms with E-state index in [0.717, 1.165) is 22.2 Å². The van der Waals surface area contributed by atoms with E-state index in [1.165, 1.54) is 11.2 Å². The number of hydrogen-bond acceptors (Lipinski definition) is 5. The van der Waals surface area contributed by atoms with Crippen molar-refractivity contribution in [3.05, 3.63) is 53.2 Å². The summed E-state index contributed by atoms with van der Waals surface area (Å²) in [6, 6.07) is 10.9. The molecule has 1 aromatic carbocycles. The van der Waals surface area contributed by atoms with Crippen molar-refractivity contribution >= 4 is 33.3 Å². The standard InChI is InChI=1S/C17H17N3O2S/c1-2-12-9-13-15(18-10-19-16(13)23-12)20-14(17(21)22)8-11-6-4-3-5-7-11/h3-7,9-10,14H,2,8H2,1H3,(H,21,22)(H,18,19,20)/t14-/m1/s1. The Morgan fingerprint density at radius 1 is 1.30 bits per heavy atom. The Labute approximate surface area is 138 Å². The van der Waals surface area contributed by atoms with E-state index in [4.69, 9.17) is 0 Å². The number of aryl methyl sites for hydroxylation is 1. The third-order valence-corrected chi connectivity index (χ3v) is 4.81. The molecule has 2 N–H and O–H groups in total. The van der Waals surface area contributed by atoms with Gasteiger partial charge in [-0.3, -0.25) is 0 Å². The number of nitrogens with one attached hydrogen (secondary N) is 1. The average molecular weight is 327 g/mol. The van der Waals surface area contributed by atoms with Gasteiger partial charge in [0, 0.05) is 11.3 Å². The number of rotatable bonds is 6. The van der Waals surface area contributed by atoms with Gasteiger partial charge in [0.05, 0.1) is 5.39 Å². The molecule has 0 radical (unpaired) electrons. The molecule has 0 unspecified atom stereocenters. The number of carboxylic acids is 1. The normalized spacial score (nSPS) is 12.2. The van der Waals surface area contributed by atoms with Crippen molar-refractivity contribution in [2.45, 2.75) is 25.8 Å². The number of thiophene rings is 1. The zero-order valence-electron chi connectivity index (χ0n) is 12.7. The Hall–Kier alpha value is -2.47. The highest BCUT2D eigenvalue weighted by molar-refractivity contribution is 7.18. The maximum absolute atomic E-state index is 11.6. The lowest BCUT2D eigenvalue weighted by Gasteiger charge is -2.15. The number of hydrogen-bond donors (Lipinski definition) is 2. The molecule has 5 nitrogen and oxygen atoms in total. The van der Waals surface area contributed by atoms with Crippen LogP contribution in [0.1, 0.15) is 17.4 Å². The first kappa shape index (κ1) is 15.4.